The smallest absolute Gasteiger partial charge is 0.220 e. The molecule has 152 valence electrons. The van der Waals surface area contributed by atoms with Crippen LogP contribution in [-0.2, 0) is 4.79 Å². The van der Waals surface area contributed by atoms with E-state index >= 15 is 0 Å². The quantitative estimate of drug-likeness (QED) is 0.310. The molecule has 2 heterocycles. The van der Waals surface area contributed by atoms with Crippen LogP contribution in [0.2, 0.25) is 0 Å². The number of hydrogen-bond donors (Lipinski definition) is 1. The average molecular weight is 406 g/mol. The summed E-state index contributed by atoms with van der Waals surface area (Å²) < 4.78 is 25.6. The number of carbonyl (C=O) groups is 1. The van der Waals surface area contributed by atoms with Crippen LogP contribution >= 0.6 is 0 Å². The van der Waals surface area contributed by atoms with Gasteiger partial charge in [0.2, 0.25) is 12.4 Å². The number of ether oxygens (including phenoxy) is 2. The number of amides is 1. The van der Waals surface area contributed by atoms with E-state index in [9.17, 15) is 9.18 Å². The van der Waals surface area contributed by atoms with Crippen molar-refractivity contribution in [2.75, 3.05) is 14.2 Å². The maximum atomic E-state index is 14.2. The molecule has 7 nitrogen and oxygen atoms in total. The number of rotatable bonds is 4. The first-order valence-electron chi connectivity index (χ1n) is 9.14. The molecule has 1 amide bonds. The molecule has 1 unspecified atom stereocenters. The first-order valence-corrected chi connectivity index (χ1v) is 9.14. The minimum atomic E-state index is -0.570. The van der Waals surface area contributed by atoms with Crippen LogP contribution in [0.25, 0.3) is 11.1 Å². The predicted octanol–water partition coefficient (Wildman–Crippen LogP) is 3.49. The van der Waals surface area contributed by atoms with E-state index in [1.165, 1.54) is 18.1 Å². The van der Waals surface area contributed by atoms with Gasteiger partial charge >= 0.3 is 0 Å². The third-order valence-corrected chi connectivity index (χ3v) is 4.89. The number of nitrogens with two attached hydrogens (primary N) is 1. The van der Waals surface area contributed by atoms with Crippen molar-refractivity contribution in [2.45, 2.75) is 6.04 Å². The lowest BCUT2D eigenvalue weighted by atomic mass is 9.92. The van der Waals surface area contributed by atoms with Crippen molar-refractivity contribution in [3.63, 3.8) is 0 Å². The van der Waals surface area contributed by atoms with E-state index in [0.29, 0.717) is 40.3 Å². The summed E-state index contributed by atoms with van der Waals surface area (Å²) in [5.41, 5.74) is 8.44. The van der Waals surface area contributed by atoms with Gasteiger partial charge in [-0.2, -0.15) is 4.39 Å². The summed E-state index contributed by atoms with van der Waals surface area (Å²) in [5, 5.41) is 0. The van der Waals surface area contributed by atoms with E-state index in [1.807, 2.05) is 6.07 Å². The third-order valence-electron chi connectivity index (χ3n) is 4.89. The van der Waals surface area contributed by atoms with E-state index in [-0.39, 0.29) is 5.96 Å². The number of nitrogens with zero attached hydrogens (tertiary/aromatic N) is 3. The van der Waals surface area contributed by atoms with E-state index < -0.39 is 12.0 Å². The van der Waals surface area contributed by atoms with Crippen LogP contribution in [0.5, 0.6) is 17.2 Å². The topological polar surface area (TPSA) is 90.0 Å². The molecule has 0 aliphatic carbocycles. The fourth-order valence-electron chi connectivity index (χ4n) is 3.28. The zero-order chi connectivity index (χ0) is 21.3. The number of pyridine rings is 1. The zero-order valence-corrected chi connectivity index (χ0v) is 16.4. The molecule has 1 aliphatic heterocycles. The second-order valence-corrected chi connectivity index (χ2v) is 6.71. The predicted molar refractivity (Wildman–Crippen MR) is 110 cm³/mol. The fourth-order valence-corrected chi connectivity index (χ4v) is 3.28. The molecule has 1 aliphatic rings. The highest BCUT2D eigenvalue weighted by atomic mass is 19.1. The normalized spacial score (nSPS) is 14.9. The zero-order valence-electron chi connectivity index (χ0n) is 16.4. The highest BCUT2D eigenvalue weighted by Gasteiger charge is 2.29. The van der Waals surface area contributed by atoms with Gasteiger partial charge in [0.15, 0.2) is 5.96 Å². The number of aliphatic imine (C=N–C) groups is 1. The minimum absolute atomic E-state index is 0.0441. The maximum absolute atomic E-state index is 14.2. The maximum Gasteiger partial charge on any atom is 0.220 e. The molecule has 4 rings (SSSR count). The second kappa shape index (κ2) is 7.82. The van der Waals surface area contributed by atoms with Gasteiger partial charge in [-0.25, -0.2) is 9.98 Å². The Morgan fingerprint density at radius 3 is 2.80 bits per heavy atom. The largest absolute Gasteiger partial charge is 0.497 e. The van der Waals surface area contributed by atoms with Crippen molar-refractivity contribution in [1.82, 2.24) is 9.88 Å². The summed E-state index contributed by atoms with van der Waals surface area (Å²) in [5.74, 6) is 1.23. The van der Waals surface area contributed by atoms with Gasteiger partial charge in [-0.15, -0.1) is 0 Å². The van der Waals surface area contributed by atoms with Gasteiger partial charge in [0, 0.05) is 36.0 Å². The molecular weight excluding hydrogens is 387 g/mol. The average Bonchev–Trinajstić information content (AvgIpc) is 2.77. The van der Waals surface area contributed by atoms with E-state index in [4.69, 9.17) is 15.2 Å². The van der Waals surface area contributed by atoms with E-state index in [0.717, 1.165) is 5.56 Å². The number of guanidine groups is 1. The standard InChI is InChI=1S/C22H19FN4O3/c1-27(12-28)22(24)26-20-16-7-6-14(29-2)11-19(16)30-18-8-5-13(10-17(18)20)15-4-3-9-25-21(15)23/h3-12,20H,1-2H3,(H2,24,26). The van der Waals surface area contributed by atoms with Gasteiger partial charge in [0.05, 0.1) is 7.11 Å². The molecule has 30 heavy (non-hydrogen) atoms. The highest BCUT2D eigenvalue weighted by molar-refractivity contribution is 5.87. The van der Waals surface area contributed by atoms with Crippen LogP contribution in [0.15, 0.2) is 59.7 Å². The number of fused-ring (bicyclic) bond motifs is 2. The first kappa shape index (κ1) is 19.4. The van der Waals surface area contributed by atoms with Gasteiger partial charge in [0.25, 0.3) is 0 Å². The molecule has 0 spiro atoms. The summed E-state index contributed by atoms with van der Waals surface area (Å²) in [6.45, 7) is 0. The molecule has 3 aromatic rings. The molecule has 0 saturated carbocycles. The number of carbonyl (C=O) groups excluding carboxylic acids is 1. The lowest BCUT2D eigenvalue weighted by molar-refractivity contribution is -0.114. The molecule has 2 aromatic carbocycles. The van der Waals surface area contributed by atoms with Crippen molar-refractivity contribution in [2.24, 2.45) is 10.7 Å². The van der Waals surface area contributed by atoms with E-state index in [2.05, 4.69) is 9.98 Å². The summed E-state index contributed by atoms with van der Waals surface area (Å²) in [7, 11) is 3.09. The monoisotopic (exact) mass is 406 g/mol. The van der Waals surface area contributed by atoms with Crippen LogP contribution in [0.4, 0.5) is 4.39 Å². The summed E-state index contributed by atoms with van der Waals surface area (Å²) in [6.07, 6.45) is 1.97. The second-order valence-electron chi connectivity index (χ2n) is 6.71. The first-order chi connectivity index (χ1) is 14.5. The fraction of sp³-hybridized carbons (Fsp3) is 0.136. The number of hydrogen-bond acceptors (Lipinski definition) is 5. The Balaban J connectivity index is 1.88. The SMILES string of the molecule is COc1ccc2c(c1)Oc1ccc(-c3cccnc3F)cc1C2/N=C(/N)N(C)C=O. The van der Waals surface area contributed by atoms with Gasteiger partial charge in [-0.3, -0.25) is 9.69 Å². The van der Waals surface area contributed by atoms with Gasteiger partial charge in [-0.05, 0) is 42.0 Å². The Hall–Kier alpha value is -3.94. The third kappa shape index (κ3) is 3.43. The Bertz CT molecular complexity index is 1150. The van der Waals surface area contributed by atoms with Crippen LogP contribution in [0.3, 0.4) is 0 Å². The lowest BCUT2D eigenvalue weighted by Gasteiger charge is -2.27. The number of aromatic nitrogens is 1. The van der Waals surface area contributed by atoms with Crippen molar-refractivity contribution in [1.29, 1.82) is 0 Å². The molecule has 1 atom stereocenters. The minimum Gasteiger partial charge on any atom is -0.497 e. The summed E-state index contributed by atoms with van der Waals surface area (Å²) in [4.78, 5) is 20.6. The number of benzene rings is 2. The van der Waals surface area contributed by atoms with Gasteiger partial charge < -0.3 is 15.2 Å². The van der Waals surface area contributed by atoms with Crippen LogP contribution < -0.4 is 15.2 Å². The molecule has 0 bridgehead atoms. The molecule has 8 heteroatoms. The van der Waals surface area contributed by atoms with Crippen molar-refractivity contribution in [3.05, 3.63) is 71.8 Å². The van der Waals surface area contributed by atoms with Crippen molar-refractivity contribution in [3.8, 4) is 28.4 Å². The summed E-state index contributed by atoms with van der Waals surface area (Å²) >= 11 is 0. The lowest BCUT2D eigenvalue weighted by Crippen LogP contribution is -2.33. The molecular formula is C22H19FN4O3. The van der Waals surface area contributed by atoms with Gasteiger partial charge in [-0.1, -0.05) is 6.07 Å². The van der Waals surface area contributed by atoms with Crippen molar-refractivity contribution < 1.29 is 18.7 Å². The Labute approximate surface area is 172 Å². The van der Waals surface area contributed by atoms with Crippen LogP contribution in [-0.4, -0.2) is 36.4 Å². The molecule has 1 aromatic heterocycles. The number of halogens is 1. The number of methoxy groups -OCH3 is 1. The molecule has 0 fully saturated rings. The Morgan fingerprint density at radius 1 is 1.23 bits per heavy atom. The van der Waals surface area contributed by atoms with Crippen LogP contribution in [0.1, 0.15) is 17.2 Å². The van der Waals surface area contributed by atoms with Crippen LogP contribution in [0, 0.1) is 5.95 Å². The molecule has 0 saturated heterocycles. The summed E-state index contributed by atoms with van der Waals surface area (Å²) in [6, 6.07) is 13.4. The molecule has 0 radical (unpaired) electrons. The highest BCUT2D eigenvalue weighted by Crippen LogP contribution is 2.47. The Morgan fingerprint density at radius 2 is 2.07 bits per heavy atom. The van der Waals surface area contributed by atoms with E-state index in [1.54, 1.807) is 49.6 Å². The van der Waals surface area contributed by atoms with Gasteiger partial charge in [0.1, 0.15) is 23.3 Å². The molecule has 2 N–H and O–H groups in total. The Kier molecular flexibility index (Phi) is 5.05. The van der Waals surface area contributed by atoms with Crippen molar-refractivity contribution >= 4 is 12.4 Å².